The molecule has 0 N–H and O–H groups in total. The third-order valence-corrected chi connectivity index (χ3v) is 2.77. The van der Waals surface area contributed by atoms with Crippen molar-refractivity contribution in [1.82, 2.24) is 4.90 Å². The molecule has 0 fully saturated rings. The van der Waals surface area contributed by atoms with Gasteiger partial charge in [0.15, 0.2) is 0 Å². The van der Waals surface area contributed by atoms with Gasteiger partial charge < -0.3 is 4.90 Å². The summed E-state index contributed by atoms with van der Waals surface area (Å²) in [4.78, 5) is 2.29. The van der Waals surface area contributed by atoms with Gasteiger partial charge in [0.1, 0.15) is 0 Å². The lowest BCUT2D eigenvalue weighted by atomic mass is 9.89. The molecule has 0 spiro atoms. The van der Waals surface area contributed by atoms with Gasteiger partial charge in [-0.25, -0.2) is 0 Å². The molecule has 1 heterocycles. The molecule has 0 saturated carbocycles. The first-order valence-corrected chi connectivity index (χ1v) is 4.45. The molecule has 0 aromatic carbocycles. The lowest BCUT2D eigenvalue weighted by Crippen LogP contribution is -2.27. The van der Waals surface area contributed by atoms with Crippen LogP contribution in [0.2, 0.25) is 0 Å². The molecule has 1 nitrogen and oxygen atoms in total. The number of likely N-dealkylation sites (N-methyl/N-ethyl adjacent to an activating group) is 1. The molecular formula is C11H15N. The molecule has 0 amide bonds. The van der Waals surface area contributed by atoms with E-state index in [0.29, 0.717) is 12.0 Å². The van der Waals surface area contributed by atoms with Crippen molar-refractivity contribution in [3.05, 3.63) is 35.6 Å². The largest absolute Gasteiger partial charge is 0.373 e. The molecule has 2 aliphatic rings. The van der Waals surface area contributed by atoms with Gasteiger partial charge in [0.25, 0.3) is 0 Å². The van der Waals surface area contributed by atoms with Crippen LogP contribution in [0.3, 0.4) is 0 Å². The maximum absolute atomic E-state index is 2.36. The van der Waals surface area contributed by atoms with Crippen LogP contribution in [0, 0.1) is 5.92 Å². The first-order chi connectivity index (χ1) is 5.68. The standard InChI is InChI=1S/C11H15N/c1-8-4-5-11-10(6-8)9(2)7-12(11)3/h4-7,10-11H,1-3H3. The Bertz CT molecular complexity index is 283. The number of fused-ring (bicyclic) bond motifs is 1. The smallest absolute Gasteiger partial charge is 0.0568 e. The minimum absolute atomic E-state index is 0.577. The van der Waals surface area contributed by atoms with E-state index < -0.39 is 0 Å². The van der Waals surface area contributed by atoms with Gasteiger partial charge in [-0.05, 0) is 25.6 Å². The van der Waals surface area contributed by atoms with Crippen LogP contribution in [-0.2, 0) is 0 Å². The molecule has 12 heavy (non-hydrogen) atoms. The van der Waals surface area contributed by atoms with E-state index in [2.05, 4.69) is 50.2 Å². The Kier molecular flexibility index (Phi) is 1.60. The summed E-state index contributed by atoms with van der Waals surface area (Å²) in [5, 5.41) is 0. The van der Waals surface area contributed by atoms with Crippen molar-refractivity contribution in [3.63, 3.8) is 0 Å². The Balaban J connectivity index is 2.32. The third-order valence-electron chi connectivity index (χ3n) is 2.77. The SMILES string of the molecule is CC1=CC2C(C)=CN(C)C2C=C1. The summed E-state index contributed by atoms with van der Waals surface area (Å²) in [5.74, 6) is 0.625. The second-order valence-corrected chi connectivity index (χ2v) is 3.82. The van der Waals surface area contributed by atoms with Gasteiger partial charge in [0, 0.05) is 13.0 Å². The number of hydrogen-bond acceptors (Lipinski definition) is 1. The lowest BCUT2D eigenvalue weighted by Gasteiger charge is -2.25. The van der Waals surface area contributed by atoms with Crippen molar-refractivity contribution in [2.24, 2.45) is 5.92 Å². The van der Waals surface area contributed by atoms with Crippen LogP contribution in [0.15, 0.2) is 35.6 Å². The predicted octanol–water partition coefficient (Wildman–Crippen LogP) is 2.34. The van der Waals surface area contributed by atoms with Crippen molar-refractivity contribution in [2.75, 3.05) is 7.05 Å². The summed E-state index contributed by atoms with van der Waals surface area (Å²) < 4.78 is 0. The zero-order valence-corrected chi connectivity index (χ0v) is 7.91. The summed E-state index contributed by atoms with van der Waals surface area (Å²) in [5.41, 5.74) is 2.87. The Morgan fingerprint density at radius 3 is 2.83 bits per heavy atom. The van der Waals surface area contributed by atoms with Crippen molar-refractivity contribution in [2.45, 2.75) is 19.9 Å². The number of allylic oxidation sites excluding steroid dienone is 2. The second-order valence-electron chi connectivity index (χ2n) is 3.82. The first kappa shape index (κ1) is 7.66. The highest BCUT2D eigenvalue weighted by atomic mass is 15.1. The van der Waals surface area contributed by atoms with Crippen molar-refractivity contribution in [1.29, 1.82) is 0 Å². The Labute approximate surface area is 74.1 Å². The summed E-state index contributed by atoms with van der Waals surface area (Å²) in [7, 11) is 2.15. The summed E-state index contributed by atoms with van der Waals surface area (Å²) in [6.45, 7) is 4.38. The molecular weight excluding hydrogens is 146 g/mol. The lowest BCUT2D eigenvalue weighted by molar-refractivity contribution is 0.377. The molecule has 2 atom stereocenters. The molecule has 0 radical (unpaired) electrons. The van der Waals surface area contributed by atoms with Gasteiger partial charge in [-0.1, -0.05) is 23.8 Å². The highest BCUT2D eigenvalue weighted by Gasteiger charge is 2.28. The van der Waals surface area contributed by atoms with Crippen LogP contribution < -0.4 is 0 Å². The maximum atomic E-state index is 2.36. The van der Waals surface area contributed by atoms with Crippen LogP contribution in [0.4, 0.5) is 0 Å². The topological polar surface area (TPSA) is 3.24 Å². The van der Waals surface area contributed by atoms with Crippen molar-refractivity contribution >= 4 is 0 Å². The summed E-state index contributed by atoms with van der Waals surface area (Å²) in [6.07, 6.45) is 9.12. The zero-order valence-electron chi connectivity index (χ0n) is 7.91. The van der Waals surface area contributed by atoms with E-state index in [1.165, 1.54) is 11.1 Å². The average Bonchev–Trinajstić information content (AvgIpc) is 2.28. The Hall–Kier alpha value is -0.980. The summed E-state index contributed by atoms with van der Waals surface area (Å²) >= 11 is 0. The van der Waals surface area contributed by atoms with Crippen molar-refractivity contribution < 1.29 is 0 Å². The van der Waals surface area contributed by atoms with E-state index in [-0.39, 0.29) is 0 Å². The molecule has 1 aliphatic carbocycles. The number of hydrogen-bond donors (Lipinski definition) is 0. The molecule has 0 aromatic rings. The van der Waals surface area contributed by atoms with E-state index in [4.69, 9.17) is 0 Å². The monoisotopic (exact) mass is 161 g/mol. The molecule has 1 heteroatoms. The molecule has 0 aromatic heterocycles. The van der Waals surface area contributed by atoms with Crippen LogP contribution in [0.25, 0.3) is 0 Å². The van der Waals surface area contributed by atoms with Crippen molar-refractivity contribution in [3.8, 4) is 0 Å². The van der Waals surface area contributed by atoms with E-state index in [9.17, 15) is 0 Å². The fourth-order valence-electron chi connectivity index (χ4n) is 2.09. The first-order valence-electron chi connectivity index (χ1n) is 4.45. The molecule has 64 valence electrons. The molecule has 2 unspecified atom stereocenters. The Morgan fingerprint density at radius 1 is 1.33 bits per heavy atom. The highest BCUT2D eigenvalue weighted by molar-refractivity contribution is 5.34. The van der Waals surface area contributed by atoms with Gasteiger partial charge >= 0.3 is 0 Å². The highest BCUT2D eigenvalue weighted by Crippen LogP contribution is 2.32. The predicted molar refractivity (Wildman–Crippen MR) is 51.7 cm³/mol. The zero-order chi connectivity index (χ0) is 8.72. The normalized spacial score (nSPS) is 33.1. The van der Waals surface area contributed by atoms with E-state index >= 15 is 0 Å². The number of nitrogens with zero attached hydrogens (tertiary/aromatic N) is 1. The van der Waals surface area contributed by atoms with Crippen LogP contribution in [0.5, 0.6) is 0 Å². The van der Waals surface area contributed by atoms with Gasteiger partial charge in [0.05, 0.1) is 6.04 Å². The molecule has 0 saturated heterocycles. The van der Waals surface area contributed by atoms with Crippen LogP contribution >= 0.6 is 0 Å². The minimum atomic E-state index is 0.577. The quantitative estimate of drug-likeness (QED) is 0.527. The van der Waals surface area contributed by atoms with Crippen LogP contribution in [-0.4, -0.2) is 18.0 Å². The van der Waals surface area contributed by atoms with Gasteiger partial charge in [-0.3, -0.25) is 0 Å². The second kappa shape index (κ2) is 2.51. The number of rotatable bonds is 0. The molecule has 0 bridgehead atoms. The van der Waals surface area contributed by atoms with Crippen LogP contribution in [0.1, 0.15) is 13.8 Å². The molecule has 1 aliphatic heterocycles. The van der Waals surface area contributed by atoms with Gasteiger partial charge in [0.2, 0.25) is 0 Å². The van der Waals surface area contributed by atoms with E-state index in [1.807, 2.05) is 0 Å². The minimum Gasteiger partial charge on any atom is -0.373 e. The Morgan fingerprint density at radius 2 is 2.08 bits per heavy atom. The third kappa shape index (κ3) is 1.01. The molecule has 2 rings (SSSR count). The van der Waals surface area contributed by atoms with E-state index in [0.717, 1.165) is 0 Å². The van der Waals surface area contributed by atoms with Gasteiger partial charge in [-0.15, -0.1) is 0 Å². The summed E-state index contributed by atoms with van der Waals surface area (Å²) in [6, 6.07) is 0.577. The average molecular weight is 161 g/mol. The maximum Gasteiger partial charge on any atom is 0.0568 e. The van der Waals surface area contributed by atoms with E-state index in [1.54, 1.807) is 0 Å². The fraction of sp³-hybridized carbons (Fsp3) is 0.455. The fourth-order valence-corrected chi connectivity index (χ4v) is 2.09. The van der Waals surface area contributed by atoms with Gasteiger partial charge in [-0.2, -0.15) is 0 Å².